The van der Waals surface area contributed by atoms with Crippen LogP contribution >= 0.6 is 0 Å². The number of carboxylic acid groups (broad SMARTS) is 1. The predicted molar refractivity (Wildman–Crippen MR) is 72.2 cm³/mol. The van der Waals surface area contributed by atoms with E-state index in [4.69, 9.17) is 9.84 Å². The SMILES string of the molecule is COC(=O)[C@@H](CN(C)Cc1ccccc1)OCC(=O)O. The number of nitrogens with zero attached hydrogens (tertiary/aromatic N) is 1. The average Bonchev–Trinajstić information content (AvgIpc) is 2.43. The molecule has 0 saturated carbocycles. The maximum Gasteiger partial charge on any atom is 0.336 e. The van der Waals surface area contributed by atoms with E-state index in [2.05, 4.69) is 4.74 Å². The van der Waals surface area contributed by atoms with Gasteiger partial charge in [-0.3, -0.25) is 4.90 Å². The van der Waals surface area contributed by atoms with Gasteiger partial charge in [0.2, 0.25) is 0 Å². The molecule has 0 aliphatic rings. The van der Waals surface area contributed by atoms with Crippen molar-refractivity contribution in [1.29, 1.82) is 0 Å². The van der Waals surface area contributed by atoms with Gasteiger partial charge in [-0.15, -0.1) is 0 Å². The number of carbonyl (C=O) groups is 2. The van der Waals surface area contributed by atoms with E-state index in [0.717, 1.165) is 5.56 Å². The van der Waals surface area contributed by atoms with Gasteiger partial charge in [0.1, 0.15) is 6.61 Å². The lowest BCUT2D eigenvalue weighted by Crippen LogP contribution is -2.38. The molecular formula is C14H19NO5. The number of methoxy groups -OCH3 is 1. The smallest absolute Gasteiger partial charge is 0.336 e. The van der Waals surface area contributed by atoms with Gasteiger partial charge in [-0.1, -0.05) is 30.3 Å². The Morgan fingerprint density at radius 1 is 1.30 bits per heavy atom. The molecule has 0 bridgehead atoms. The molecule has 1 N–H and O–H groups in total. The van der Waals surface area contributed by atoms with Crippen molar-refractivity contribution in [3.05, 3.63) is 35.9 Å². The zero-order valence-electron chi connectivity index (χ0n) is 11.6. The van der Waals surface area contributed by atoms with E-state index < -0.39 is 24.6 Å². The number of benzene rings is 1. The molecule has 0 saturated heterocycles. The first kappa shape index (κ1) is 16.1. The van der Waals surface area contributed by atoms with Gasteiger partial charge in [0.05, 0.1) is 7.11 Å². The maximum atomic E-state index is 11.5. The molecule has 0 amide bonds. The number of ether oxygens (including phenoxy) is 2. The fraction of sp³-hybridized carbons (Fsp3) is 0.429. The molecular weight excluding hydrogens is 262 g/mol. The molecule has 0 unspecified atom stereocenters. The molecule has 0 fully saturated rings. The van der Waals surface area contributed by atoms with Crippen LogP contribution in [0.25, 0.3) is 0 Å². The lowest BCUT2D eigenvalue weighted by Gasteiger charge is -2.22. The third kappa shape index (κ3) is 5.81. The van der Waals surface area contributed by atoms with Crippen LogP contribution in [0.2, 0.25) is 0 Å². The van der Waals surface area contributed by atoms with E-state index in [1.807, 2.05) is 42.3 Å². The summed E-state index contributed by atoms with van der Waals surface area (Å²) in [5.41, 5.74) is 1.09. The summed E-state index contributed by atoms with van der Waals surface area (Å²) in [4.78, 5) is 23.9. The van der Waals surface area contributed by atoms with Crippen molar-refractivity contribution in [1.82, 2.24) is 4.90 Å². The van der Waals surface area contributed by atoms with Crippen molar-refractivity contribution in [2.75, 3.05) is 27.3 Å². The van der Waals surface area contributed by atoms with E-state index >= 15 is 0 Å². The van der Waals surface area contributed by atoms with E-state index in [1.54, 1.807) is 0 Å². The second kappa shape index (κ2) is 8.29. The van der Waals surface area contributed by atoms with Crippen LogP contribution in [0.15, 0.2) is 30.3 Å². The summed E-state index contributed by atoms with van der Waals surface area (Å²) < 4.78 is 9.66. The van der Waals surface area contributed by atoms with Crippen LogP contribution < -0.4 is 0 Å². The van der Waals surface area contributed by atoms with Gasteiger partial charge >= 0.3 is 11.9 Å². The predicted octanol–water partition coefficient (Wildman–Crippen LogP) is 0.761. The summed E-state index contributed by atoms with van der Waals surface area (Å²) in [6.45, 7) is 0.360. The summed E-state index contributed by atoms with van der Waals surface area (Å²) in [5, 5.41) is 8.60. The van der Waals surface area contributed by atoms with Crippen LogP contribution in [-0.4, -0.2) is 55.4 Å². The van der Waals surface area contributed by atoms with Crippen molar-refractivity contribution in [3.63, 3.8) is 0 Å². The number of likely N-dealkylation sites (N-methyl/N-ethyl adjacent to an activating group) is 1. The number of rotatable bonds is 8. The Balaban J connectivity index is 2.54. The van der Waals surface area contributed by atoms with E-state index in [9.17, 15) is 9.59 Å². The van der Waals surface area contributed by atoms with Crippen LogP contribution in [0.1, 0.15) is 5.56 Å². The number of carbonyl (C=O) groups excluding carboxylic acids is 1. The van der Waals surface area contributed by atoms with Crippen LogP contribution in [-0.2, 0) is 25.6 Å². The monoisotopic (exact) mass is 281 g/mol. The maximum absolute atomic E-state index is 11.5. The molecule has 1 rings (SSSR count). The Morgan fingerprint density at radius 2 is 1.95 bits per heavy atom. The normalized spacial score (nSPS) is 12.2. The highest BCUT2D eigenvalue weighted by molar-refractivity contribution is 5.75. The van der Waals surface area contributed by atoms with Crippen molar-refractivity contribution in [3.8, 4) is 0 Å². The number of hydrogen-bond acceptors (Lipinski definition) is 5. The van der Waals surface area contributed by atoms with Gasteiger partial charge in [-0.25, -0.2) is 9.59 Å². The summed E-state index contributed by atoms with van der Waals surface area (Å²) in [5.74, 6) is -1.70. The zero-order chi connectivity index (χ0) is 15.0. The van der Waals surface area contributed by atoms with Crippen molar-refractivity contribution in [2.45, 2.75) is 12.6 Å². The molecule has 0 aliphatic carbocycles. The molecule has 0 radical (unpaired) electrons. The fourth-order valence-corrected chi connectivity index (χ4v) is 1.74. The molecule has 6 nitrogen and oxygen atoms in total. The highest BCUT2D eigenvalue weighted by Gasteiger charge is 2.22. The van der Waals surface area contributed by atoms with Crippen molar-refractivity contribution in [2.24, 2.45) is 0 Å². The highest BCUT2D eigenvalue weighted by Crippen LogP contribution is 2.05. The third-order valence-electron chi connectivity index (χ3n) is 2.64. The third-order valence-corrected chi connectivity index (χ3v) is 2.64. The van der Waals surface area contributed by atoms with Crippen molar-refractivity contribution >= 4 is 11.9 Å². The minimum Gasteiger partial charge on any atom is -0.480 e. The Morgan fingerprint density at radius 3 is 2.50 bits per heavy atom. The minimum atomic E-state index is -1.12. The van der Waals surface area contributed by atoms with Gasteiger partial charge in [-0.2, -0.15) is 0 Å². The van der Waals surface area contributed by atoms with Gasteiger partial charge in [-0.05, 0) is 12.6 Å². The second-order valence-corrected chi connectivity index (χ2v) is 4.40. The Labute approximate surface area is 117 Å². The van der Waals surface area contributed by atoms with E-state index in [1.165, 1.54) is 7.11 Å². The molecule has 0 aromatic heterocycles. The highest BCUT2D eigenvalue weighted by atomic mass is 16.6. The van der Waals surface area contributed by atoms with Gasteiger partial charge < -0.3 is 14.6 Å². The van der Waals surface area contributed by atoms with Crippen LogP contribution in [0.3, 0.4) is 0 Å². The summed E-state index contributed by atoms with van der Waals surface area (Å²) in [6.07, 6.45) is -0.912. The van der Waals surface area contributed by atoms with Gasteiger partial charge in [0.15, 0.2) is 6.10 Å². The first-order chi connectivity index (χ1) is 9.52. The van der Waals surface area contributed by atoms with Gasteiger partial charge in [0, 0.05) is 13.1 Å². The minimum absolute atomic E-state index is 0.259. The first-order valence-electron chi connectivity index (χ1n) is 6.16. The van der Waals surface area contributed by atoms with Gasteiger partial charge in [0.25, 0.3) is 0 Å². The largest absolute Gasteiger partial charge is 0.480 e. The summed E-state index contributed by atoms with van der Waals surface area (Å²) >= 11 is 0. The van der Waals surface area contributed by atoms with Crippen LogP contribution in [0.4, 0.5) is 0 Å². The van der Waals surface area contributed by atoms with Crippen LogP contribution in [0.5, 0.6) is 0 Å². The van der Waals surface area contributed by atoms with Crippen molar-refractivity contribution < 1.29 is 24.2 Å². The molecule has 1 atom stereocenters. The van der Waals surface area contributed by atoms with Crippen LogP contribution in [0, 0.1) is 0 Å². The molecule has 0 spiro atoms. The Bertz CT molecular complexity index is 434. The molecule has 0 heterocycles. The molecule has 6 heteroatoms. The molecule has 0 aliphatic heterocycles. The van der Waals surface area contributed by atoms with E-state index in [0.29, 0.717) is 6.54 Å². The summed E-state index contributed by atoms with van der Waals surface area (Å²) in [6, 6.07) is 9.74. The Hall–Kier alpha value is -1.92. The lowest BCUT2D eigenvalue weighted by molar-refractivity contribution is -0.160. The summed E-state index contributed by atoms with van der Waals surface area (Å²) in [7, 11) is 3.07. The quantitative estimate of drug-likeness (QED) is 0.709. The molecule has 1 aromatic rings. The standard InChI is InChI=1S/C14H19NO5/c1-15(8-11-6-4-3-5-7-11)9-12(14(18)19-2)20-10-13(16)17/h3-7,12H,8-10H2,1-2H3,(H,16,17)/t12-/m1/s1. The number of hydrogen-bond donors (Lipinski definition) is 1. The van der Waals surface area contributed by atoms with E-state index in [-0.39, 0.29) is 6.54 Å². The molecule has 1 aromatic carbocycles. The topological polar surface area (TPSA) is 76.1 Å². The first-order valence-corrected chi connectivity index (χ1v) is 6.16. The molecule has 20 heavy (non-hydrogen) atoms. The molecule has 110 valence electrons. The second-order valence-electron chi connectivity index (χ2n) is 4.40. The number of aliphatic carboxylic acids is 1. The Kier molecular flexibility index (Phi) is 6.69. The fourth-order valence-electron chi connectivity index (χ4n) is 1.74. The zero-order valence-corrected chi connectivity index (χ0v) is 11.6. The number of esters is 1. The lowest BCUT2D eigenvalue weighted by atomic mass is 10.2. The average molecular weight is 281 g/mol. The number of carboxylic acids is 1.